The quantitative estimate of drug-likeness (QED) is 0.807. The highest BCUT2D eigenvalue weighted by Gasteiger charge is 2.26. The highest BCUT2D eigenvalue weighted by molar-refractivity contribution is 7.89. The van der Waals surface area contributed by atoms with E-state index in [2.05, 4.69) is 19.7 Å². The van der Waals surface area contributed by atoms with Gasteiger partial charge in [0.25, 0.3) is 0 Å². The summed E-state index contributed by atoms with van der Waals surface area (Å²) >= 11 is 0. The van der Waals surface area contributed by atoms with Crippen LogP contribution in [0.4, 0.5) is 0 Å². The second kappa shape index (κ2) is 7.36. The monoisotopic (exact) mass is 367 g/mol. The lowest BCUT2D eigenvalue weighted by molar-refractivity contribution is 0.126. The highest BCUT2D eigenvalue weighted by atomic mass is 32.2. The second-order valence-corrected chi connectivity index (χ2v) is 8.22. The van der Waals surface area contributed by atoms with Crippen molar-refractivity contribution in [2.24, 2.45) is 7.05 Å². The summed E-state index contributed by atoms with van der Waals surface area (Å²) in [6.07, 6.45) is 3.21. The number of piperidine rings is 1. The van der Waals surface area contributed by atoms with Gasteiger partial charge in [-0.3, -0.25) is 9.58 Å². The van der Waals surface area contributed by atoms with Crippen LogP contribution >= 0.6 is 0 Å². The number of aryl methyl sites for hydroxylation is 2. The van der Waals surface area contributed by atoms with Crippen LogP contribution < -0.4 is 4.72 Å². The molecular weight excluding hydrogens is 342 g/mol. The molecule has 1 unspecified atom stereocenters. The third-order valence-electron chi connectivity index (χ3n) is 4.59. The molecule has 1 fully saturated rings. The fourth-order valence-corrected chi connectivity index (χ4v) is 4.53. The Balaban J connectivity index is 1.76. The number of nitrogens with one attached hydrogen (secondary N) is 1. The van der Waals surface area contributed by atoms with Crippen molar-refractivity contribution in [3.8, 4) is 0 Å². The summed E-state index contributed by atoms with van der Waals surface area (Å²) in [6, 6.07) is 1.56. The summed E-state index contributed by atoms with van der Waals surface area (Å²) in [7, 11) is -0.139. The van der Waals surface area contributed by atoms with Crippen LogP contribution in [0.2, 0.25) is 0 Å². The van der Waals surface area contributed by atoms with Gasteiger partial charge in [-0.05, 0) is 32.4 Å². The number of fused-ring (bicyclic) bond motifs is 1. The minimum Gasteiger partial charge on any atom is -0.383 e. The molecule has 0 amide bonds. The first-order valence-electron chi connectivity index (χ1n) is 8.43. The van der Waals surface area contributed by atoms with Crippen LogP contribution in [0, 0.1) is 6.92 Å². The van der Waals surface area contributed by atoms with Gasteiger partial charge in [0.2, 0.25) is 10.0 Å². The SMILES string of the molecule is COCCN1CCCC(NS(=O)(=O)c2cnc3c(c2)c(C)nn3C)C1. The van der Waals surface area contributed by atoms with E-state index >= 15 is 0 Å². The first kappa shape index (κ1) is 18.2. The molecule has 0 bridgehead atoms. The number of sulfonamides is 1. The second-order valence-electron chi connectivity index (χ2n) is 6.51. The minimum atomic E-state index is -3.61. The zero-order valence-electron chi connectivity index (χ0n) is 14.9. The molecule has 1 aliphatic rings. The fourth-order valence-electron chi connectivity index (χ4n) is 3.30. The van der Waals surface area contributed by atoms with Gasteiger partial charge in [-0.25, -0.2) is 18.1 Å². The lowest BCUT2D eigenvalue weighted by Crippen LogP contribution is -2.48. The van der Waals surface area contributed by atoms with Crippen molar-refractivity contribution in [3.63, 3.8) is 0 Å². The summed E-state index contributed by atoms with van der Waals surface area (Å²) in [4.78, 5) is 6.69. The number of methoxy groups -OCH3 is 1. The van der Waals surface area contributed by atoms with Crippen LogP contribution in [0.3, 0.4) is 0 Å². The number of ether oxygens (including phenoxy) is 1. The Morgan fingerprint density at radius 1 is 1.44 bits per heavy atom. The Labute approximate surface area is 148 Å². The zero-order valence-corrected chi connectivity index (χ0v) is 15.7. The van der Waals surface area contributed by atoms with Crippen LogP contribution in [-0.2, 0) is 21.8 Å². The van der Waals surface area contributed by atoms with Gasteiger partial charge in [0.1, 0.15) is 4.90 Å². The molecule has 3 rings (SSSR count). The maximum Gasteiger partial charge on any atom is 0.242 e. The van der Waals surface area contributed by atoms with Crippen LogP contribution in [0.5, 0.6) is 0 Å². The molecule has 25 heavy (non-hydrogen) atoms. The predicted octanol–water partition coefficient (Wildman–Crippen LogP) is 0.666. The van der Waals surface area contributed by atoms with Crippen LogP contribution in [0.1, 0.15) is 18.5 Å². The Morgan fingerprint density at radius 2 is 2.24 bits per heavy atom. The van der Waals surface area contributed by atoms with Gasteiger partial charge in [0, 0.05) is 44.9 Å². The molecule has 0 aromatic carbocycles. The standard InChI is InChI=1S/C16H25N5O3S/c1-12-15-9-14(10-17-16(15)20(2)18-12)25(22,23)19-13-5-4-6-21(11-13)7-8-24-3/h9-10,13,19H,4-8,11H2,1-3H3. The maximum atomic E-state index is 12.8. The van der Waals surface area contributed by atoms with E-state index in [0.29, 0.717) is 18.8 Å². The first-order valence-corrected chi connectivity index (χ1v) is 9.92. The molecule has 0 aliphatic carbocycles. The molecule has 3 heterocycles. The molecule has 9 heteroatoms. The molecule has 1 saturated heterocycles. The van der Waals surface area contributed by atoms with E-state index in [1.165, 1.54) is 6.20 Å². The lowest BCUT2D eigenvalue weighted by Gasteiger charge is -2.32. The molecule has 8 nitrogen and oxygen atoms in total. The molecular formula is C16H25N5O3S. The molecule has 0 saturated carbocycles. The van der Waals surface area contributed by atoms with Crippen molar-refractivity contribution in [3.05, 3.63) is 18.0 Å². The van der Waals surface area contributed by atoms with Crippen molar-refractivity contribution < 1.29 is 13.2 Å². The van der Waals surface area contributed by atoms with Crippen molar-refractivity contribution >= 4 is 21.1 Å². The summed E-state index contributed by atoms with van der Waals surface area (Å²) < 4.78 is 35.1. The summed E-state index contributed by atoms with van der Waals surface area (Å²) in [5.74, 6) is 0. The predicted molar refractivity (Wildman–Crippen MR) is 94.9 cm³/mol. The largest absolute Gasteiger partial charge is 0.383 e. The van der Waals surface area contributed by atoms with Crippen molar-refractivity contribution in [2.45, 2.75) is 30.7 Å². The van der Waals surface area contributed by atoms with Gasteiger partial charge in [0.15, 0.2) is 5.65 Å². The van der Waals surface area contributed by atoms with E-state index in [1.54, 1.807) is 24.9 Å². The number of likely N-dealkylation sites (tertiary alicyclic amines) is 1. The molecule has 0 radical (unpaired) electrons. The maximum absolute atomic E-state index is 12.8. The number of pyridine rings is 1. The Bertz CT molecular complexity index is 849. The zero-order chi connectivity index (χ0) is 18.0. The van der Waals surface area contributed by atoms with E-state index in [4.69, 9.17) is 4.74 Å². The Morgan fingerprint density at radius 3 is 3.00 bits per heavy atom. The number of nitrogens with zero attached hydrogens (tertiary/aromatic N) is 4. The average molecular weight is 367 g/mol. The smallest absolute Gasteiger partial charge is 0.242 e. The van der Waals surface area contributed by atoms with E-state index in [-0.39, 0.29) is 10.9 Å². The number of rotatable bonds is 6. The lowest BCUT2D eigenvalue weighted by atomic mass is 10.1. The van der Waals surface area contributed by atoms with E-state index in [9.17, 15) is 8.42 Å². The fraction of sp³-hybridized carbons (Fsp3) is 0.625. The van der Waals surface area contributed by atoms with E-state index in [0.717, 1.165) is 37.0 Å². The van der Waals surface area contributed by atoms with Crippen molar-refractivity contribution in [2.75, 3.05) is 33.4 Å². The molecule has 2 aromatic heterocycles. The molecule has 1 atom stereocenters. The van der Waals surface area contributed by atoms with Gasteiger partial charge in [0.05, 0.1) is 12.3 Å². The summed E-state index contributed by atoms with van der Waals surface area (Å²) in [5, 5.41) is 5.05. The average Bonchev–Trinajstić information content (AvgIpc) is 2.87. The normalized spacial score (nSPS) is 19.6. The topological polar surface area (TPSA) is 89.3 Å². The third-order valence-corrected chi connectivity index (χ3v) is 6.07. The minimum absolute atomic E-state index is 0.0960. The number of hydrogen-bond acceptors (Lipinski definition) is 6. The van der Waals surface area contributed by atoms with E-state index in [1.807, 2.05) is 6.92 Å². The number of aromatic nitrogens is 3. The van der Waals surface area contributed by atoms with E-state index < -0.39 is 10.0 Å². The van der Waals surface area contributed by atoms with Gasteiger partial charge in [-0.15, -0.1) is 0 Å². The third kappa shape index (κ3) is 4.00. The van der Waals surface area contributed by atoms with Gasteiger partial charge in [-0.1, -0.05) is 0 Å². The van der Waals surface area contributed by atoms with Crippen LogP contribution in [0.15, 0.2) is 17.2 Å². The highest BCUT2D eigenvalue weighted by Crippen LogP contribution is 2.20. The molecule has 138 valence electrons. The van der Waals surface area contributed by atoms with Gasteiger partial charge >= 0.3 is 0 Å². The van der Waals surface area contributed by atoms with Crippen LogP contribution in [0.25, 0.3) is 11.0 Å². The number of hydrogen-bond donors (Lipinski definition) is 1. The van der Waals surface area contributed by atoms with Crippen LogP contribution in [-0.4, -0.2) is 67.5 Å². The van der Waals surface area contributed by atoms with Gasteiger partial charge in [-0.2, -0.15) is 5.10 Å². The van der Waals surface area contributed by atoms with Crippen molar-refractivity contribution in [1.29, 1.82) is 0 Å². The molecule has 2 aromatic rings. The van der Waals surface area contributed by atoms with Gasteiger partial charge < -0.3 is 4.74 Å². The first-order chi connectivity index (χ1) is 11.9. The molecule has 0 spiro atoms. The Kier molecular flexibility index (Phi) is 5.38. The van der Waals surface area contributed by atoms with Crippen molar-refractivity contribution in [1.82, 2.24) is 24.4 Å². The Hall–Kier alpha value is -1.55. The summed E-state index contributed by atoms with van der Waals surface area (Å²) in [6.45, 7) is 4.99. The summed E-state index contributed by atoms with van der Waals surface area (Å²) in [5.41, 5.74) is 1.45. The molecule has 1 N–H and O–H groups in total. The molecule has 1 aliphatic heterocycles.